The number of hydrazone groups is 1. The van der Waals surface area contributed by atoms with Gasteiger partial charge in [0.05, 0.1) is 5.71 Å². The molecular weight excluding hydrogens is 280 g/mol. The van der Waals surface area contributed by atoms with Crippen molar-refractivity contribution in [3.8, 4) is 0 Å². The Labute approximate surface area is 141 Å². The Bertz CT molecular complexity index is 620. The van der Waals surface area contributed by atoms with E-state index in [2.05, 4.69) is 57.4 Å². The van der Waals surface area contributed by atoms with Gasteiger partial charge < -0.3 is 0 Å². The van der Waals surface area contributed by atoms with Crippen molar-refractivity contribution >= 4 is 5.71 Å². The Morgan fingerprint density at radius 3 is 2.52 bits per heavy atom. The first-order valence-corrected chi connectivity index (χ1v) is 9.06. The Hall–Kier alpha value is -1.57. The highest BCUT2D eigenvalue weighted by Crippen LogP contribution is 2.40. The quantitative estimate of drug-likeness (QED) is 0.720. The fourth-order valence-corrected chi connectivity index (χ4v) is 4.01. The smallest absolute Gasteiger partial charge is 0.0751 e. The molecule has 1 aromatic carbocycles. The largest absolute Gasteiger partial charge is 0.283 e. The predicted molar refractivity (Wildman–Crippen MR) is 98.5 cm³/mol. The molecule has 0 amide bonds. The van der Waals surface area contributed by atoms with Crippen LogP contribution in [-0.2, 0) is 0 Å². The van der Waals surface area contributed by atoms with Gasteiger partial charge in [-0.3, -0.25) is 5.43 Å². The van der Waals surface area contributed by atoms with Crippen LogP contribution < -0.4 is 5.43 Å². The van der Waals surface area contributed by atoms with Gasteiger partial charge in [-0.25, -0.2) is 0 Å². The average Bonchev–Trinajstić information content (AvgIpc) is 2.58. The van der Waals surface area contributed by atoms with Gasteiger partial charge in [-0.2, -0.15) is 5.10 Å². The minimum Gasteiger partial charge on any atom is -0.283 e. The highest BCUT2D eigenvalue weighted by molar-refractivity contribution is 6.04. The number of hydrogen-bond donors (Lipinski definition) is 1. The van der Waals surface area contributed by atoms with Crippen molar-refractivity contribution in [2.24, 2.45) is 16.4 Å². The number of fused-ring (bicyclic) bond motifs is 1. The van der Waals surface area contributed by atoms with Crippen molar-refractivity contribution in [3.05, 3.63) is 46.7 Å². The third-order valence-corrected chi connectivity index (χ3v) is 5.44. The zero-order valence-corrected chi connectivity index (χ0v) is 15.1. The molecule has 3 rings (SSSR count). The molecule has 2 aliphatic rings. The molecule has 1 aliphatic heterocycles. The molecule has 23 heavy (non-hydrogen) atoms. The van der Waals surface area contributed by atoms with E-state index in [1.54, 1.807) is 5.57 Å². The van der Waals surface area contributed by atoms with Crippen molar-refractivity contribution < 1.29 is 0 Å². The molecule has 0 radical (unpaired) electrons. The van der Waals surface area contributed by atoms with Crippen molar-refractivity contribution in [3.63, 3.8) is 0 Å². The fraction of sp³-hybridized carbons (Fsp3) is 0.571. The highest BCUT2D eigenvalue weighted by atomic mass is 15.3. The maximum absolute atomic E-state index is 4.75. The van der Waals surface area contributed by atoms with Crippen LogP contribution in [0.25, 0.3) is 0 Å². The molecule has 1 N–H and O–H groups in total. The Balaban J connectivity index is 1.96. The summed E-state index contributed by atoms with van der Waals surface area (Å²) in [6.07, 6.45) is 7.76. The predicted octanol–water partition coefficient (Wildman–Crippen LogP) is 5.57. The lowest BCUT2D eigenvalue weighted by Gasteiger charge is -2.33. The third kappa shape index (κ3) is 3.68. The SMILES string of the molecule is CC1=C2CC(C)(C)CCCCCC2C(c2ccc(C)cc2)=NN1. The number of aryl methyl sites for hydroxylation is 1. The minimum atomic E-state index is 0.386. The summed E-state index contributed by atoms with van der Waals surface area (Å²) in [5.41, 5.74) is 10.4. The topological polar surface area (TPSA) is 24.4 Å². The molecule has 1 atom stereocenters. The van der Waals surface area contributed by atoms with Crippen molar-refractivity contribution in [2.75, 3.05) is 0 Å². The number of rotatable bonds is 1. The van der Waals surface area contributed by atoms with Crippen LogP contribution in [0.15, 0.2) is 40.6 Å². The van der Waals surface area contributed by atoms with Crippen LogP contribution in [0.5, 0.6) is 0 Å². The Morgan fingerprint density at radius 1 is 1.04 bits per heavy atom. The van der Waals surface area contributed by atoms with Gasteiger partial charge in [0.15, 0.2) is 0 Å². The molecule has 1 saturated carbocycles. The molecule has 2 nitrogen and oxygen atoms in total. The first-order chi connectivity index (χ1) is 11.0. The molecule has 1 heterocycles. The second-order valence-electron chi connectivity index (χ2n) is 8.12. The fourth-order valence-electron chi connectivity index (χ4n) is 4.01. The average molecular weight is 310 g/mol. The number of hydrogen-bond acceptors (Lipinski definition) is 2. The minimum absolute atomic E-state index is 0.386. The van der Waals surface area contributed by atoms with E-state index >= 15 is 0 Å². The van der Waals surface area contributed by atoms with Crippen LogP contribution in [0.4, 0.5) is 0 Å². The van der Waals surface area contributed by atoms with Crippen molar-refractivity contribution in [1.29, 1.82) is 0 Å². The van der Waals surface area contributed by atoms with E-state index in [4.69, 9.17) is 5.10 Å². The van der Waals surface area contributed by atoms with E-state index in [0.29, 0.717) is 11.3 Å². The molecule has 124 valence electrons. The van der Waals surface area contributed by atoms with Gasteiger partial charge in [0.25, 0.3) is 0 Å². The van der Waals surface area contributed by atoms with Gasteiger partial charge in [-0.1, -0.05) is 62.9 Å². The maximum Gasteiger partial charge on any atom is 0.0751 e. The lowest BCUT2D eigenvalue weighted by atomic mass is 9.75. The molecule has 1 aliphatic carbocycles. The molecule has 0 aromatic heterocycles. The molecule has 0 bridgehead atoms. The van der Waals surface area contributed by atoms with Gasteiger partial charge in [0.2, 0.25) is 0 Å². The van der Waals surface area contributed by atoms with Gasteiger partial charge in [0, 0.05) is 11.6 Å². The summed E-state index contributed by atoms with van der Waals surface area (Å²) < 4.78 is 0. The van der Waals surface area contributed by atoms with Gasteiger partial charge in [-0.15, -0.1) is 0 Å². The Morgan fingerprint density at radius 2 is 1.78 bits per heavy atom. The summed E-state index contributed by atoms with van der Waals surface area (Å²) in [5, 5.41) is 4.75. The molecule has 1 aromatic rings. The summed E-state index contributed by atoms with van der Waals surface area (Å²) in [5.74, 6) is 0.483. The summed E-state index contributed by atoms with van der Waals surface area (Å²) in [7, 11) is 0. The number of allylic oxidation sites excluding steroid dienone is 2. The van der Waals surface area contributed by atoms with E-state index in [-0.39, 0.29) is 0 Å². The van der Waals surface area contributed by atoms with E-state index in [1.807, 2.05) is 0 Å². The summed E-state index contributed by atoms with van der Waals surface area (Å²) in [4.78, 5) is 0. The first kappa shape index (κ1) is 16.3. The van der Waals surface area contributed by atoms with Crippen molar-refractivity contribution in [1.82, 2.24) is 5.43 Å². The number of benzene rings is 1. The standard InChI is InChI=1S/C21H30N2/c1-15-9-11-17(12-10-15)20-18-8-6-5-7-13-21(3,4)14-19(18)16(2)22-23-20/h9-12,18,22H,5-8,13-14H2,1-4H3. The zero-order chi connectivity index (χ0) is 16.4. The first-order valence-electron chi connectivity index (χ1n) is 9.06. The van der Waals surface area contributed by atoms with E-state index in [9.17, 15) is 0 Å². The van der Waals surface area contributed by atoms with Crippen LogP contribution in [0, 0.1) is 18.3 Å². The second-order valence-corrected chi connectivity index (χ2v) is 8.12. The lowest BCUT2D eigenvalue weighted by Crippen LogP contribution is -2.30. The summed E-state index contributed by atoms with van der Waals surface area (Å²) in [6.45, 7) is 9.19. The normalized spacial score (nSPS) is 24.7. The van der Waals surface area contributed by atoms with Gasteiger partial charge >= 0.3 is 0 Å². The molecule has 1 unspecified atom stereocenters. The van der Waals surface area contributed by atoms with E-state index in [1.165, 1.54) is 61.1 Å². The van der Waals surface area contributed by atoms with Crippen LogP contribution in [0.1, 0.15) is 70.4 Å². The molecule has 0 spiro atoms. The van der Waals surface area contributed by atoms with Crippen LogP contribution in [0.3, 0.4) is 0 Å². The second kappa shape index (κ2) is 6.51. The van der Waals surface area contributed by atoms with Crippen molar-refractivity contribution in [2.45, 2.75) is 66.2 Å². The van der Waals surface area contributed by atoms with Crippen LogP contribution in [-0.4, -0.2) is 5.71 Å². The molecular formula is C21H30N2. The molecule has 0 saturated heterocycles. The molecule has 2 heteroatoms. The monoisotopic (exact) mass is 310 g/mol. The zero-order valence-electron chi connectivity index (χ0n) is 15.1. The van der Waals surface area contributed by atoms with E-state index in [0.717, 1.165) is 0 Å². The number of nitrogens with zero attached hydrogens (tertiary/aromatic N) is 1. The third-order valence-electron chi connectivity index (χ3n) is 5.44. The Kier molecular flexibility index (Phi) is 4.61. The molecule has 1 fully saturated rings. The van der Waals surface area contributed by atoms with E-state index < -0.39 is 0 Å². The van der Waals surface area contributed by atoms with Gasteiger partial charge in [0.1, 0.15) is 0 Å². The lowest BCUT2D eigenvalue weighted by molar-refractivity contribution is 0.316. The van der Waals surface area contributed by atoms with Gasteiger partial charge in [-0.05, 0) is 49.7 Å². The maximum atomic E-state index is 4.75. The summed E-state index contributed by atoms with van der Waals surface area (Å²) >= 11 is 0. The number of nitrogens with one attached hydrogen (secondary N) is 1. The van der Waals surface area contributed by atoms with Crippen LogP contribution in [0.2, 0.25) is 0 Å². The van der Waals surface area contributed by atoms with Crippen LogP contribution >= 0.6 is 0 Å². The summed E-state index contributed by atoms with van der Waals surface area (Å²) in [6, 6.07) is 8.85. The highest BCUT2D eigenvalue weighted by Gasteiger charge is 2.32.